The van der Waals surface area contributed by atoms with Gasteiger partial charge >= 0.3 is 5.97 Å². The van der Waals surface area contributed by atoms with Crippen molar-refractivity contribution in [2.75, 3.05) is 19.7 Å². The third-order valence-electron chi connectivity index (χ3n) is 4.04. The van der Waals surface area contributed by atoms with Gasteiger partial charge < -0.3 is 15.0 Å². The molecule has 146 valence electrons. The van der Waals surface area contributed by atoms with Crippen molar-refractivity contribution in [1.29, 1.82) is 0 Å². The van der Waals surface area contributed by atoms with E-state index in [9.17, 15) is 14.4 Å². The monoisotopic (exact) mass is 411 g/mol. The lowest BCUT2D eigenvalue weighted by Gasteiger charge is -2.36. The summed E-state index contributed by atoms with van der Waals surface area (Å²) in [5.74, 6) is -1.20. The van der Waals surface area contributed by atoms with E-state index in [0.717, 1.165) is 12.8 Å². The second-order valence-corrected chi connectivity index (χ2v) is 6.87. The number of amides is 2. The third kappa shape index (κ3) is 6.18. The van der Waals surface area contributed by atoms with Crippen molar-refractivity contribution >= 4 is 46.7 Å². The molecule has 0 radical (unpaired) electrons. The summed E-state index contributed by atoms with van der Waals surface area (Å²) in [6.45, 7) is 3.07. The predicted molar refractivity (Wildman–Crippen MR) is 106 cm³/mol. The minimum atomic E-state index is -0.814. The zero-order valence-corrected chi connectivity index (χ0v) is 16.6. The van der Waals surface area contributed by atoms with Gasteiger partial charge in [0.1, 0.15) is 6.04 Å². The van der Waals surface area contributed by atoms with Crippen molar-refractivity contribution in [2.24, 2.45) is 0 Å². The Bertz CT molecular complexity index is 711. The highest BCUT2D eigenvalue weighted by Gasteiger charge is 2.34. The molecule has 1 atom stereocenters. The van der Waals surface area contributed by atoms with Crippen LogP contribution in [0.15, 0.2) is 24.3 Å². The van der Waals surface area contributed by atoms with Crippen LogP contribution in [-0.4, -0.2) is 53.5 Å². The fraction of sp³-hybridized carbons (Fsp3) is 0.444. The molecule has 27 heavy (non-hydrogen) atoms. The minimum Gasteiger partial charge on any atom is -0.466 e. The number of nitrogens with one attached hydrogen (secondary N) is 2. The number of carbonyl (C=O) groups excluding carboxylic acids is 3. The van der Waals surface area contributed by atoms with Gasteiger partial charge in [0.25, 0.3) is 5.91 Å². The summed E-state index contributed by atoms with van der Waals surface area (Å²) in [4.78, 5) is 38.1. The number of rotatable bonds is 6. The van der Waals surface area contributed by atoms with Gasteiger partial charge in [-0.2, -0.15) is 0 Å². The van der Waals surface area contributed by atoms with Gasteiger partial charge in [-0.25, -0.2) is 0 Å². The van der Waals surface area contributed by atoms with Gasteiger partial charge in [0.15, 0.2) is 5.11 Å². The summed E-state index contributed by atoms with van der Waals surface area (Å²) in [6, 6.07) is 5.54. The molecule has 9 heteroatoms. The predicted octanol–water partition coefficient (Wildman–Crippen LogP) is 1.89. The Morgan fingerprint density at radius 3 is 2.74 bits per heavy atom. The number of thiocarbonyl (C=S) groups is 1. The molecular formula is C18H22ClN3O4S. The van der Waals surface area contributed by atoms with Crippen LogP contribution in [0.3, 0.4) is 0 Å². The molecule has 1 aliphatic heterocycles. The van der Waals surface area contributed by atoms with Gasteiger partial charge in [0.05, 0.1) is 13.0 Å². The minimum absolute atomic E-state index is 0.0937. The van der Waals surface area contributed by atoms with Crippen molar-refractivity contribution in [1.82, 2.24) is 15.5 Å². The topological polar surface area (TPSA) is 87.7 Å². The highest BCUT2D eigenvalue weighted by atomic mass is 35.5. The van der Waals surface area contributed by atoms with E-state index in [4.69, 9.17) is 28.6 Å². The van der Waals surface area contributed by atoms with Crippen LogP contribution in [-0.2, 0) is 14.3 Å². The standard InChI is InChI=1S/C18H22ClN3O4S/c1-2-3-10-26-15(23)11-14-17(25)20-8-9-22(14)18(27)21-16(24)12-4-6-13(19)7-5-12/h4-7,14H,2-3,8-11H2,1H3,(H,20,25)(H,21,24,27)/t14-/m0/s1. The highest BCUT2D eigenvalue weighted by molar-refractivity contribution is 7.80. The Labute approximate surface area is 168 Å². The first-order chi connectivity index (χ1) is 12.9. The quantitative estimate of drug-likeness (QED) is 0.422. The van der Waals surface area contributed by atoms with Crippen LogP contribution < -0.4 is 10.6 Å². The van der Waals surface area contributed by atoms with Gasteiger partial charge in [-0.15, -0.1) is 0 Å². The molecule has 2 amide bonds. The van der Waals surface area contributed by atoms with Gasteiger partial charge in [0.2, 0.25) is 5.91 Å². The van der Waals surface area contributed by atoms with Crippen molar-refractivity contribution in [2.45, 2.75) is 32.2 Å². The largest absolute Gasteiger partial charge is 0.466 e. The average molecular weight is 412 g/mol. The van der Waals surface area contributed by atoms with E-state index < -0.39 is 17.9 Å². The lowest BCUT2D eigenvalue weighted by molar-refractivity contribution is -0.147. The molecule has 2 N–H and O–H groups in total. The number of hydrogen-bond donors (Lipinski definition) is 2. The van der Waals surface area contributed by atoms with Crippen molar-refractivity contribution in [3.63, 3.8) is 0 Å². The SMILES string of the molecule is CCCCOC(=O)C[C@H]1C(=O)NCCN1C(=S)NC(=O)c1ccc(Cl)cc1. The number of benzene rings is 1. The van der Waals surface area contributed by atoms with Crippen LogP contribution in [0.4, 0.5) is 0 Å². The van der Waals surface area contributed by atoms with E-state index in [1.54, 1.807) is 29.2 Å². The van der Waals surface area contributed by atoms with E-state index in [0.29, 0.717) is 30.3 Å². The second-order valence-electron chi connectivity index (χ2n) is 6.04. The van der Waals surface area contributed by atoms with Gasteiger partial charge in [-0.1, -0.05) is 24.9 Å². The van der Waals surface area contributed by atoms with Crippen LogP contribution in [0, 0.1) is 0 Å². The maximum absolute atomic E-state index is 12.3. The molecule has 0 spiro atoms. The van der Waals surface area contributed by atoms with E-state index in [1.165, 1.54) is 0 Å². The average Bonchev–Trinajstić information content (AvgIpc) is 2.64. The lowest BCUT2D eigenvalue weighted by atomic mass is 10.1. The Kier molecular flexibility index (Phi) is 7.99. The number of halogens is 1. The summed E-state index contributed by atoms with van der Waals surface area (Å²) >= 11 is 11.1. The molecule has 0 bridgehead atoms. The molecule has 0 aromatic heterocycles. The Balaban J connectivity index is 2.00. The fourth-order valence-electron chi connectivity index (χ4n) is 2.55. The normalized spacial score (nSPS) is 16.4. The van der Waals surface area contributed by atoms with E-state index >= 15 is 0 Å². The third-order valence-corrected chi connectivity index (χ3v) is 4.63. The van der Waals surface area contributed by atoms with Gasteiger partial charge in [-0.05, 0) is 42.9 Å². The molecule has 1 saturated heterocycles. The summed E-state index contributed by atoms with van der Waals surface area (Å²) in [6.07, 6.45) is 1.54. The van der Waals surface area contributed by atoms with Crippen molar-refractivity contribution < 1.29 is 19.1 Å². The molecule has 1 heterocycles. The second kappa shape index (κ2) is 10.2. The number of esters is 1. The zero-order chi connectivity index (χ0) is 19.8. The summed E-state index contributed by atoms with van der Waals surface area (Å²) in [5, 5.41) is 5.92. The summed E-state index contributed by atoms with van der Waals surface area (Å²) in [7, 11) is 0. The molecule has 2 rings (SSSR count). The summed E-state index contributed by atoms with van der Waals surface area (Å²) in [5.41, 5.74) is 0.388. The van der Waals surface area contributed by atoms with Gasteiger partial charge in [0, 0.05) is 23.7 Å². The van der Waals surface area contributed by atoms with E-state index in [1.807, 2.05) is 6.92 Å². The van der Waals surface area contributed by atoms with Crippen LogP contribution in [0.25, 0.3) is 0 Å². The first-order valence-corrected chi connectivity index (χ1v) is 9.52. The Morgan fingerprint density at radius 1 is 1.37 bits per heavy atom. The number of carbonyl (C=O) groups is 3. The molecule has 7 nitrogen and oxygen atoms in total. The molecule has 0 unspecified atom stereocenters. The number of unbranched alkanes of at least 4 members (excludes halogenated alkanes) is 1. The number of nitrogens with zero attached hydrogens (tertiary/aromatic N) is 1. The highest BCUT2D eigenvalue weighted by Crippen LogP contribution is 2.13. The first kappa shape index (κ1) is 21.1. The van der Waals surface area contributed by atoms with E-state index in [-0.39, 0.29) is 17.4 Å². The lowest BCUT2D eigenvalue weighted by Crippen LogP contribution is -2.60. The van der Waals surface area contributed by atoms with Crippen LogP contribution >= 0.6 is 23.8 Å². The number of ether oxygens (including phenoxy) is 1. The number of hydrogen-bond acceptors (Lipinski definition) is 5. The summed E-state index contributed by atoms with van der Waals surface area (Å²) < 4.78 is 5.13. The molecule has 1 fully saturated rings. The maximum Gasteiger partial charge on any atom is 0.308 e. The Morgan fingerprint density at radius 2 is 2.07 bits per heavy atom. The zero-order valence-electron chi connectivity index (χ0n) is 15.0. The number of piperazine rings is 1. The molecule has 1 aliphatic rings. The first-order valence-electron chi connectivity index (χ1n) is 8.73. The molecule has 1 aromatic carbocycles. The van der Waals surface area contributed by atoms with Crippen LogP contribution in [0.2, 0.25) is 5.02 Å². The molecule has 1 aromatic rings. The molecule has 0 saturated carbocycles. The molecular weight excluding hydrogens is 390 g/mol. The van der Waals surface area contributed by atoms with Crippen molar-refractivity contribution in [3.8, 4) is 0 Å². The smallest absolute Gasteiger partial charge is 0.308 e. The van der Waals surface area contributed by atoms with Gasteiger partial charge in [-0.3, -0.25) is 19.7 Å². The van der Waals surface area contributed by atoms with Crippen LogP contribution in [0.5, 0.6) is 0 Å². The van der Waals surface area contributed by atoms with E-state index in [2.05, 4.69) is 10.6 Å². The van der Waals surface area contributed by atoms with Crippen molar-refractivity contribution in [3.05, 3.63) is 34.9 Å². The molecule has 0 aliphatic carbocycles. The maximum atomic E-state index is 12.3. The fourth-order valence-corrected chi connectivity index (χ4v) is 2.99. The van der Waals surface area contributed by atoms with Crippen LogP contribution in [0.1, 0.15) is 36.5 Å². The Hall–Kier alpha value is -2.19.